The molecular weight excluding hydrogens is 303 g/mol. The first-order valence-electron chi connectivity index (χ1n) is 5.99. The van der Waals surface area contributed by atoms with Crippen molar-refractivity contribution >= 4 is 11.9 Å². The van der Waals surface area contributed by atoms with Crippen LogP contribution in [-0.4, -0.2) is 32.9 Å². The lowest BCUT2D eigenvalue weighted by Gasteiger charge is -2.14. The number of nitrogens with one attached hydrogen (secondary N) is 1. The van der Waals surface area contributed by atoms with Gasteiger partial charge in [-0.3, -0.25) is 4.79 Å². The van der Waals surface area contributed by atoms with Gasteiger partial charge in [0.2, 0.25) is 0 Å². The van der Waals surface area contributed by atoms with Gasteiger partial charge in [0.1, 0.15) is 0 Å². The van der Waals surface area contributed by atoms with E-state index in [1.807, 2.05) is 0 Å². The maximum absolute atomic E-state index is 12.2. The number of carboxylic acid groups (broad SMARTS) is 1. The zero-order valence-corrected chi connectivity index (χ0v) is 10.9. The molecule has 1 aromatic carbocycles. The van der Waals surface area contributed by atoms with Crippen molar-refractivity contribution in [2.24, 2.45) is 0 Å². The predicted molar refractivity (Wildman–Crippen MR) is 68.1 cm³/mol. The Balaban J connectivity index is 2.26. The lowest BCUT2D eigenvalue weighted by atomic mass is 10.1. The van der Waals surface area contributed by atoms with E-state index in [1.165, 1.54) is 16.2 Å². The van der Waals surface area contributed by atoms with Gasteiger partial charge in [-0.1, -0.05) is 18.2 Å². The van der Waals surface area contributed by atoms with Crippen molar-refractivity contribution in [3.05, 3.63) is 48.3 Å². The second-order valence-corrected chi connectivity index (χ2v) is 4.30. The Bertz CT molecular complexity index is 683. The minimum atomic E-state index is -5.16. The van der Waals surface area contributed by atoms with E-state index >= 15 is 0 Å². The number of hydrogen-bond donors (Lipinski definition) is 2. The van der Waals surface area contributed by atoms with Crippen LogP contribution in [0, 0.1) is 0 Å². The number of amides is 1. The lowest BCUT2D eigenvalue weighted by Crippen LogP contribution is -2.41. The van der Waals surface area contributed by atoms with Gasteiger partial charge in [-0.15, -0.1) is 0 Å². The van der Waals surface area contributed by atoms with Gasteiger partial charge >= 0.3 is 18.1 Å². The first-order chi connectivity index (χ1) is 10.3. The number of carbonyl (C=O) groups is 2. The Hall–Kier alpha value is -2.84. The Kier molecular flexibility index (Phi) is 4.15. The number of nitrogens with zero attached hydrogens (tertiary/aromatic N) is 2. The molecule has 2 rings (SSSR count). The molecule has 0 spiro atoms. The molecule has 2 N–H and O–H groups in total. The van der Waals surface area contributed by atoms with E-state index in [4.69, 9.17) is 5.11 Å². The Morgan fingerprint density at radius 2 is 1.86 bits per heavy atom. The van der Waals surface area contributed by atoms with E-state index in [1.54, 1.807) is 30.3 Å². The number of alkyl halides is 3. The largest absolute Gasteiger partial charge is 0.479 e. The maximum Gasteiger partial charge on any atom is 0.471 e. The molecule has 0 bridgehead atoms. The quantitative estimate of drug-likeness (QED) is 0.899. The summed E-state index contributed by atoms with van der Waals surface area (Å²) in [4.78, 5) is 22.0. The van der Waals surface area contributed by atoms with Crippen LogP contribution >= 0.6 is 0 Å². The summed E-state index contributed by atoms with van der Waals surface area (Å²) in [6.45, 7) is 0. The monoisotopic (exact) mass is 313 g/mol. The van der Waals surface area contributed by atoms with Crippen molar-refractivity contribution in [2.75, 3.05) is 0 Å². The van der Waals surface area contributed by atoms with Gasteiger partial charge in [0.05, 0.1) is 11.9 Å². The van der Waals surface area contributed by atoms with Crippen molar-refractivity contribution in [2.45, 2.75) is 12.2 Å². The number of hydrogen-bond acceptors (Lipinski definition) is 3. The number of aliphatic carboxylic acids is 1. The second kappa shape index (κ2) is 5.88. The van der Waals surface area contributed by atoms with Crippen molar-refractivity contribution < 1.29 is 27.9 Å². The molecule has 0 aliphatic carbocycles. The number of para-hydroxylation sites is 1. The highest BCUT2D eigenvalue weighted by molar-refractivity contribution is 5.87. The van der Waals surface area contributed by atoms with E-state index in [-0.39, 0.29) is 5.56 Å². The first-order valence-corrected chi connectivity index (χ1v) is 5.99. The lowest BCUT2D eigenvalue weighted by molar-refractivity contribution is -0.175. The third kappa shape index (κ3) is 3.43. The third-order valence-corrected chi connectivity index (χ3v) is 2.74. The van der Waals surface area contributed by atoms with Crippen LogP contribution < -0.4 is 5.32 Å². The van der Waals surface area contributed by atoms with Gasteiger partial charge in [-0.25, -0.2) is 9.48 Å². The number of carboxylic acids is 1. The summed E-state index contributed by atoms with van der Waals surface area (Å²) in [6.07, 6.45) is -2.84. The number of aromatic nitrogens is 2. The first kappa shape index (κ1) is 15.5. The molecule has 0 saturated heterocycles. The zero-order chi connectivity index (χ0) is 16.3. The van der Waals surface area contributed by atoms with Crippen LogP contribution in [0.25, 0.3) is 5.69 Å². The van der Waals surface area contributed by atoms with Crippen LogP contribution in [0.15, 0.2) is 42.7 Å². The smallest absolute Gasteiger partial charge is 0.471 e. The topological polar surface area (TPSA) is 84.2 Å². The summed E-state index contributed by atoms with van der Waals surface area (Å²) in [5, 5.41) is 14.3. The molecule has 2 aromatic rings. The summed E-state index contributed by atoms with van der Waals surface area (Å²) < 4.78 is 38.0. The average molecular weight is 313 g/mol. The molecule has 0 saturated carbocycles. The number of halogens is 3. The standard InChI is InChI=1S/C13H10F3N3O3/c14-13(15,16)12(22)18-10(11(20)21)8-6-17-19(7-8)9-4-2-1-3-5-9/h1-7,10H,(H,18,22)(H,20,21). The van der Waals surface area contributed by atoms with Gasteiger partial charge in [0.25, 0.3) is 0 Å². The zero-order valence-electron chi connectivity index (χ0n) is 10.9. The molecule has 1 heterocycles. The van der Waals surface area contributed by atoms with Gasteiger partial charge in [-0.2, -0.15) is 18.3 Å². The molecule has 116 valence electrons. The Morgan fingerprint density at radius 1 is 1.23 bits per heavy atom. The van der Waals surface area contributed by atoms with Gasteiger partial charge in [-0.05, 0) is 12.1 Å². The number of rotatable bonds is 4. The Morgan fingerprint density at radius 3 is 2.41 bits per heavy atom. The minimum absolute atomic E-state index is 0.0750. The molecule has 9 heteroatoms. The van der Waals surface area contributed by atoms with E-state index in [2.05, 4.69) is 5.10 Å². The van der Waals surface area contributed by atoms with Crippen LogP contribution in [0.4, 0.5) is 13.2 Å². The van der Waals surface area contributed by atoms with Crippen LogP contribution in [-0.2, 0) is 9.59 Å². The molecule has 1 unspecified atom stereocenters. The second-order valence-electron chi connectivity index (χ2n) is 4.30. The molecule has 22 heavy (non-hydrogen) atoms. The summed E-state index contributed by atoms with van der Waals surface area (Å²) in [5.74, 6) is -3.95. The van der Waals surface area contributed by atoms with Crippen molar-refractivity contribution in [1.82, 2.24) is 15.1 Å². The minimum Gasteiger partial charge on any atom is -0.479 e. The van der Waals surface area contributed by atoms with Crippen LogP contribution in [0.5, 0.6) is 0 Å². The van der Waals surface area contributed by atoms with Crippen LogP contribution in [0.1, 0.15) is 11.6 Å². The molecule has 1 amide bonds. The van der Waals surface area contributed by atoms with Crippen LogP contribution in [0.3, 0.4) is 0 Å². The summed E-state index contributed by atoms with van der Waals surface area (Å²) in [6, 6.07) is 6.72. The van der Waals surface area contributed by atoms with Crippen molar-refractivity contribution in [3.8, 4) is 5.69 Å². The molecule has 1 atom stereocenters. The van der Waals surface area contributed by atoms with Gasteiger partial charge < -0.3 is 10.4 Å². The summed E-state index contributed by atoms with van der Waals surface area (Å²) in [7, 11) is 0. The molecule has 0 aliphatic heterocycles. The number of carbonyl (C=O) groups excluding carboxylic acids is 1. The molecular formula is C13H10F3N3O3. The van der Waals surface area contributed by atoms with Crippen LogP contribution in [0.2, 0.25) is 0 Å². The fourth-order valence-corrected chi connectivity index (χ4v) is 1.71. The highest BCUT2D eigenvalue weighted by Crippen LogP contribution is 2.19. The normalized spacial score (nSPS) is 12.7. The van der Waals surface area contributed by atoms with E-state index in [0.29, 0.717) is 5.69 Å². The fraction of sp³-hybridized carbons (Fsp3) is 0.154. The molecule has 0 fully saturated rings. The summed E-state index contributed by atoms with van der Waals surface area (Å²) in [5.41, 5.74) is 0.522. The van der Waals surface area contributed by atoms with Gasteiger partial charge in [0.15, 0.2) is 6.04 Å². The van der Waals surface area contributed by atoms with Gasteiger partial charge in [0, 0.05) is 11.8 Å². The van der Waals surface area contributed by atoms with E-state index in [0.717, 1.165) is 6.20 Å². The maximum atomic E-state index is 12.2. The van der Waals surface area contributed by atoms with E-state index in [9.17, 15) is 22.8 Å². The SMILES string of the molecule is O=C(O)C(NC(=O)C(F)(F)F)c1cnn(-c2ccccc2)c1. The highest BCUT2D eigenvalue weighted by atomic mass is 19.4. The molecule has 1 aromatic heterocycles. The molecule has 6 nitrogen and oxygen atoms in total. The number of benzene rings is 1. The average Bonchev–Trinajstić information content (AvgIpc) is 2.93. The fourth-order valence-electron chi connectivity index (χ4n) is 1.71. The van der Waals surface area contributed by atoms with Crippen molar-refractivity contribution in [1.29, 1.82) is 0 Å². The third-order valence-electron chi connectivity index (χ3n) is 2.74. The highest BCUT2D eigenvalue weighted by Gasteiger charge is 2.41. The predicted octanol–water partition coefficient (Wildman–Crippen LogP) is 1.68. The molecule has 0 radical (unpaired) electrons. The summed E-state index contributed by atoms with van der Waals surface area (Å²) >= 11 is 0. The van der Waals surface area contributed by atoms with E-state index < -0.39 is 24.1 Å². The molecule has 0 aliphatic rings. The van der Waals surface area contributed by atoms with Crippen molar-refractivity contribution in [3.63, 3.8) is 0 Å². The Labute approximate surface area is 122 Å².